The summed E-state index contributed by atoms with van der Waals surface area (Å²) < 4.78 is 19.8. The molecule has 0 aliphatic carbocycles. The molecule has 0 saturated heterocycles. The molecule has 0 unspecified atom stereocenters. The SMILES string of the molecule is C#CC(C)(C)NC(=O)c1cc(NC(=O)Cc2cc3c(cc2F)C(C)(C)C(=O)O3)ccn1. The zero-order chi connectivity index (χ0) is 23.0. The summed E-state index contributed by atoms with van der Waals surface area (Å²) in [4.78, 5) is 40.7. The van der Waals surface area contributed by atoms with Gasteiger partial charge in [0.15, 0.2) is 0 Å². The number of carbonyl (C=O) groups is 3. The maximum absolute atomic E-state index is 14.5. The third-order valence-corrected chi connectivity index (χ3v) is 4.95. The van der Waals surface area contributed by atoms with E-state index >= 15 is 0 Å². The molecular formula is C23H22FN3O4. The van der Waals surface area contributed by atoms with Crippen molar-refractivity contribution in [2.45, 2.75) is 45.1 Å². The van der Waals surface area contributed by atoms with Crippen molar-refractivity contribution in [3.63, 3.8) is 0 Å². The minimum absolute atomic E-state index is 0.0685. The highest BCUT2D eigenvalue weighted by atomic mass is 19.1. The molecule has 7 nitrogen and oxygen atoms in total. The van der Waals surface area contributed by atoms with Crippen molar-refractivity contribution < 1.29 is 23.5 Å². The average Bonchev–Trinajstić information content (AvgIpc) is 2.90. The molecular weight excluding hydrogens is 401 g/mol. The first-order valence-corrected chi connectivity index (χ1v) is 9.54. The highest BCUT2D eigenvalue weighted by Crippen LogP contribution is 2.40. The number of hydrogen-bond donors (Lipinski definition) is 2. The minimum atomic E-state index is -0.945. The van der Waals surface area contributed by atoms with Crippen molar-refractivity contribution in [1.29, 1.82) is 0 Å². The van der Waals surface area contributed by atoms with E-state index in [9.17, 15) is 18.8 Å². The number of ether oxygens (including phenoxy) is 1. The third-order valence-electron chi connectivity index (χ3n) is 4.95. The predicted molar refractivity (Wildman–Crippen MR) is 112 cm³/mol. The van der Waals surface area contributed by atoms with Gasteiger partial charge in [-0.15, -0.1) is 6.42 Å². The maximum atomic E-state index is 14.5. The van der Waals surface area contributed by atoms with Crippen molar-refractivity contribution in [3.05, 3.63) is 53.1 Å². The van der Waals surface area contributed by atoms with Gasteiger partial charge in [-0.1, -0.05) is 5.92 Å². The van der Waals surface area contributed by atoms with Crippen molar-refractivity contribution in [2.24, 2.45) is 0 Å². The normalized spacial score (nSPS) is 14.3. The fourth-order valence-electron chi connectivity index (χ4n) is 3.04. The Labute approximate surface area is 179 Å². The number of carbonyl (C=O) groups excluding carboxylic acids is 3. The van der Waals surface area contributed by atoms with Gasteiger partial charge in [-0.2, -0.15) is 0 Å². The smallest absolute Gasteiger partial charge is 0.321 e. The molecule has 0 atom stereocenters. The molecule has 8 heteroatoms. The van der Waals surface area contributed by atoms with Gasteiger partial charge in [-0.25, -0.2) is 4.39 Å². The zero-order valence-electron chi connectivity index (χ0n) is 17.6. The summed E-state index contributed by atoms with van der Waals surface area (Å²) in [6.45, 7) is 6.63. The van der Waals surface area contributed by atoms with E-state index < -0.39 is 34.6 Å². The Hall–Kier alpha value is -3.73. The fourth-order valence-corrected chi connectivity index (χ4v) is 3.04. The molecule has 2 N–H and O–H groups in total. The van der Waals surface area contributed by atoms with Crippen LogP contribution in [0.25, 0.3) is 0 Å². The summed E-state index contributed by atoms with van der Waals surface area (Å²) in [5, 5.41) is 5.25. The maximum Gasteiger partial charge on any atom is 0.321 e. The summed E-state index contributed by atoms with van der Waals surface area (Å²) >= 11 is 0. The first-order chi connectivity index (χ1) is 14.4. The number of esters is 1. The van der Waals surface area contributed by atoms with Crippen LogP contribution in [0.1, 0.15) is 49.3 Å². The van der Waals surface area contributed by atoms with E-state index in [-0.39, 0.29) is 23.4 Å². The summed E-state index contributed by atoms with van der Waals surface area (Å²) in [5.74, 6) is 0.618. The third kappa shape index (κ3) is 4.56. The lowest BCUT2D eigenvalue weighted by Crippen LogP contribution is -2.42. The van der Waals surface area contributed by atoms with Gasteiger partial charge in [0.1, 0.15) is 17.3 Å². The highest BCUT2D eigenvalue weighted by molar-refractivity contribution is 5.97. The largest absolute Gasteiger partial charge is 0.426 e. The molecule has 0 fully saturated rings. The number of anilines is 1. The van der Waals surface area contributed by atoms with Gasteiger partial charge in [0.2, 0.25) is 5.91 Å². The van der Waals surface area contributed by atoms with Crippen molar-refractivity contribution in [3.8, 4) is 18.1 Å². The first kappa shape index (κ1) is 22.0. The summed E-state index contributed by atoms with van der Waals surface area (Å²) in [5.41, 5.74) is -0.889. The molecule has 2 amide bonds. The van der Waals surface area contributed by atoms with Gasteiger partial charge >= 0.3 is 5.97 Å². The van der Waals surface area contributed by atoms with Crippen LogP contribution in [-0.2, 0) is 21.4 Å². The van der Waals surface area contributed by atoms with E-state index in [1.54, 1.807) is 27.7 Å². The van der Waals surface area contributed by atoms with Crippen molar-refractivity contribution in [2.75, 3.05) is 5.32 Å². The quantitative estimate of drug-likeness (QED) is 0.438. The van der Waals surface area contributed by atoms with E-state index in [0.717, 1.165) is 0 Å². The molecule has 0 radical (unpaired) electrons. The van der Waals surface area contributed by atoms with E-state index in [1.165, 1.54) is 30.5 Å². The van der Waals surface area contributed by atoms with Crippen molar-refractivity contribution in [1.82, 2.24) is 10.3 Å². The first-order valence-electron chi connectivity index (χ1n) is 9.54. The van der Waals surface area contributed by atoms with Crippen LogP contribution >= 0.6 is 0 Å². The van der Waals surface area contributed by atoms with Crippen LogP contribution in [0.15, 0.2) is 30.5 Å². The number of benzene rings is 1. The Bertz CT molecular complexity index is 1130. The van der Waals surface area contributed by atoms with Crippen LogP contribution in [0, 0.1) is 18.2 Å². The number of pyridine rings is 1. The molecule has 0 spiro atoms. The Morgan fingerprint density at radius 1 is 1.29 bits per heavy atom. The summed E-state index contributed by atoms with van der Waals surface area (Å²) in [6, 6.07) is 5.49. The van der Waals surface area contributed by atoms with Crippen LogP contribution in [0.3, 0.4) is 0 Å². The molecule has 1 aliphatic rings. The number of fused-ring (bicyclic) bond motifs is 1. The molecule has 2 heterocycles. The number of aromatic nitrogens is 1. The molecule has 1 aromatic heterocycles. The number of terminal acetylenes is 1. The van der Waals surface area contributed by atoms with E-state index in [4.69, 9.17) is 11.2 Å². The lowest BCUT2D eigenvalue weighted by Gasteiger charge is -2.19. The molecule has 3 rings (SSSR count). The molecule has 0 saturated carbocycles. The second-order valence-corrected chi connectivity index (χ2v) is 8.33. The van der Waals surface area contributed by atoms with Gasteiger partial charge in [-0.3, -0.25) is 19.4 Å². The number of rotatable bonds is 5. The number of hydrogen-bond acceptors (Lipinski definition) is 5. The van der Waals surface area contributed by atoms with Crippen LogP contribution in [0.5, 0.6) is 5.75 Å². The van der Waals surface area contributed by atoms with Gasteiger partial charge in [-0.05, 0) is 52.0 Å². The van der Waals surface area contributed by atoms with Crippen LogP contribution in [-0.4, -0.2) is 28.3 Å². The number of amides is 2. The lowest BCUT2D eigenvalue weighted by atomic mass is 9.85. The average molecular weight is 423 g/mol. The molecule has 1 aliphatic heterocycles. The Morgan fingerprint density at radius 2 is 2.00 bits per heavy atom. The summed E-state index contributed by atoms with van der Waals surface area (Å²) in [6.07, 6.45) is 6.45. The number of nitrogens with one attached hydrogen (secondary N) is 2. The molecule has 160 valence electrons. The lowest BCUT2D eigenvalue weighted by molar-refractivity contribution is -0.137. The van der Waals surface area contributed by atoms with E-state index in [2.05, 4.69) is 21.5 Å². The van der Waals surface area contributed by atoms with Crippen LogP contribution < -0.4 is 15.4 Å². The Morgan fingerprint density at radius 3 is 2.68 bits per heavy atom. The van der Waals surface area contributed by atoms with Crippen LogP contribution in [0.4, 0.5) is 10.1 Å². The highest BCUT2D eigenvalue weighted by Gasteiger charge is 2.41. The predicted octanol–water partition coefficient (Wildman–Crippen LogP) is 2.74. The van der Waals surface area contributed by atoms with E-state index in [0.29, 0.717) is 11.3 Å². The molecule has 1 aromatic carbocycles. The fraction of sp³-hybridized carbons (Fsp3) is 0.304. The second-order valence-electron chi connectivity index (χ2n) is 8.33. The molecule has 2 aromatic rings. The number of nitrogens with zero attached hydrogens (tertiary/aromatic N) is 1. The zero-order valence-corrected chi connectivity index (χ0v) is 17.6. The molecule has 0 bridgehead atoms. The van der Waals surface area contributed by atoms with Crippen molar-refractivity contribution >= 4 is 23.5 Å². The van der Waals surface area contributed by atoms with Gasteiger partial charge in [0.25, 0.3) is 5.91 Å². The van der Waals surface area contributed by atoms with Gasteiger partial charge in [0, 0.05) is 23.0 Å². The second kappa shape index (κ2) is 7.84. The van der Waals surface area contributed by atoms with Crippen LogP contribution in [0.2, 0.25) is 0 Å². The topological polar surface area (TPSA) is 97.4 Å². The molecule has 31 heavy (non-hydrogen) atoms. The Balaban J connectivity index is 1.73. The van der Waals surface area contributed by atoms with E-state index in [1.807, 2.05) is 0 Å². The Kier molecular flexibility index (Phi) is 5.55. The monoisotopic (exact) mass is 423 g/mol. The summed E-state index contributed by atoms with van der Waals surface area (Å²) in [7, 11) is 0. The standard InChI is InChI=1S/C23H22FN3O4/c1-6-22(2,3)27-20(29)17-11-14(7-8-25-17)26-19(28)10-13-9-18-15(12-16(13)24)23(4,5)21(30)31-18/h1,7-9,11-12H,10H2,2-5H3,(H,27,29)(H,25,26,28). The van der Waals surface area contributed by atoms with Gasteiger partial charge in [0.05, 0.1) is 17.4 Å². The minimum Gasteiger partial charge on any atom is -0.426 e. The van der Waals surface area contributed by atoms with Gasteiger partial charge < -0.3 is 15.4 Å². The number of halogens is 1.